The number of anilines is 2. The molecule has 0 amide bonds. The minimum absolute atomic E-state index is 0.577. The first-order chi connectivity index (χ1) is 10.0. The monoisotopic (exact) mass is 316 g/mol. The Morgan fingerprint density at radius 3 is 2.38 bits per heavy atom. The van der Waals surface area contributed by atoms with Crippen LogP contribution in [0.25, 0.3) is 10.9 Å². The van der Waals surface area contributed by atoms with E-state index in [1.807, 2.05) is 13.0 Å². The Balaban J connectivity index is 2.10. The van der Waals surface area contributed by atoms with Gasteiger partial charge in [-0.3, -0.25) is 0 Å². The molecule has 0 aliphatic rings. The average Bonchev–Trinajstić information content (AvgIpc) is 2.44. The van der Waals surface area contributed by atoms with Crippen LogP contribution in [-0.2, 0) is 0 Å². The molecule has 3 aromatic rings. The molecule has 21 heavy (non-hydrogen) atoms. The molecule has 0 aliphatic heterocycles. The van der Waals surface area contributed by atoms with E-state index in [4.69, 9.17) is 23.2 Å². The summed E-state index contributed by atoms with van der Waals surface area (Å²) in [5.41, 5.74) is 3.86. The van der Waals surface area contributed by atoms with Crippen LogP contribution in [0.5, 0.6) is 0 Å². The summed E-state index contributed by atoms with van der Waals surface area (Å²) in [6.07, 6.45) is 0. The van der Waals surface area contributed by atoms with Gasteiger partial charge in [-0.15, -0.1) is 0 Å². The topological polar surface area (TPSA) is 24.9 Å². The molecule has 2 nitrogen and oxygen atoms in total. The second kappa shape index (κ2) is 5.55. The van der Waals surface area contributed by atoms with Gasteiger partial charge in [-0.1, -0.05) is 41.4 Å². The van der Waals surface area contributed by atoms with E-state index < -0.39 is 0 Å². The lowest BCUT2D eigenvalue weighted by Crippen LogP contribution is -1.98. The maximum atomic E-state index is 6.20. The molecule has 1 N–H and O–H groups in total. The molecule has 106 valence electrons. The van der Waals surface area contributed by atoms with Crippen LogP contribution in [0.4, 0.5) is 11.5 Å². The van der Waals surface area contributed by atoms with Crippen LogP contribution in [0.15, 0.2) is 42.5 Å². The third kappa shape index (κ3) is 2.82. The average molecular weight is 317 g/mol. The third-order valence-electron chi connectivity index (χ3n) is 3.37. The number of para-hydroxylation sites is 1. The van der Waals surface area contributed by atoms with Gasteiger partial charge >= 0.3 is 0 Å². The van der Waals surface area contributed by atoms with Crippen LogP contribution < -0.4 is 5.32 Å². The van der Waals surface area contributed by atoms with Crippen LogP contribution in [-0.4, -0.2) is 4.98 Å². The molecule has 3 rings (SSSR count). The number of hydrogen-bond donors (Lipinski definition) is 1. The minimum Gasteiger partial charge on any atom is -0.338 e. The molecule has 0 unspecified atom stereocenters. The predicted molar refractivity (Wildman–Crippen MR) is 91.0 cm³/mol. The van der Waals surface area contributed by atoms with E-state index in [1.165, 1.54) is 5.56 Å². The molecule has 0 atom stereocenters. The molecule has 0 fully saturated rings. The number of halogens is 2. The number of hydrogen-bond acceptors (Lipinski definition) is 2. The summed E-state index contributed by atoms with van der Waals surface area (Å²) in [5.74, 6) is 0.767. The molecule has 0 spiro atoms. The molecule has 0 saturated carbocycles. The van der Waals surface area contributed by atoms with Crippen LogP contribution >= 0.6 is 23.2 Å². The zero-order valence-corrected chi connectivity index (χ0v) is 13.3. The third-order valence-corrected chi connectivity index (χ3v) is 4.00. The molecule has 0 radical (unpaired) electrons. The Labute approximate surface area is 133 Å². The maximum absolute atomic E-state index is 6.20. The van der Waals surface area contributed by atoms with Crippen molar-refractivity contribution in [2.75, 3.05) is 5.32 Å². The fourth-order valence-corrected chi connectivity index (χ4v) is 2.74. The van der Waals surface area contributed by atoms with Gasteiger partial charge in [-0.05, 0) is 49.2 Å². The lowest BCUT2D eigenvalue weighted by molar-refractivity contribution is 1.30. The predicted octanol–water partition coefficient (Wildman–Crippen LogP) is 5.90. The molecule has 0 bridgehead atoms. The van der Waals surface area contributed by atoms with Crippen molar-refractivity contribution in [2.45, 2.75) is 13.8 Å². The quantitative estimate of drug-likeness (QED) is 0.636. The highest BCUT2D eigenvalue weighted by atomic mass is 35.5. The van der Waals surface area contributed by atoms with E-state index >= 15 is 0 Å². The van der Waals surface area contributed by atoms with Crippen molar-refractivity contribution >= 4 is 45.6 Å². The molecular formula is C17H14Cl2N2. The number of aryl methyl sites for hydroxylation is 2. The molecule has 2 aromatic carbocycles. The van der Waals surface area contributed by atoms with Crippen LogP contribution in [0, 0.1) is 13.8 Å². The minimum atomic E-state index is 0.577. The highest BCUT2D eigenvalue weighted by Crippen LogP contribution is 2.33. The van der Waals surface area contributed by atoms with Crippen molar-refractivity contribution in [2.24, 2.45) is 0 Å². The first-order valence-corrected chi connectivity index (χ1v) is 7.39. The summed E-state index contributed by atoms with van der Waals surface area (Å²) >= 11 is 12.4. The van der Waals surface area contributed by atoms with Crippen molar-refractivity contribution in [1.82, 2.24) is 4.98 Å². The Bertz CT molecular complexity index is 808. The van der Waals surface area contributed by atoms with Gasteiger partial charge in [-0.25, -0.2) is 4.98 Å². The highest BCUT2D eigenvalue weighted by molar-refractivity contribution is 6.39. The van der Waals surface area contributed by atoms with Gasteiger partial charge < -0.3 is 5.32 Å². The Morgan fingerprint density at radius 1 is 0.952 bits per heavy atom. The van der Waals surface area contributed by atoms with Gasteiger partial charge in [0.25, 0.3) is 0 Å². The molecule has 0 aliphatic carbocycles. The van der Waals surface area contributed by atoms with Crippen LogP contribution in [0.1, 0.15) is 11.1 Å². The van der Waals surface area contributed by atoms with Crippen molar-refractivity contribution in [3.8, 4) is 0 Å². The molecule has 4 heteroatoms. The summed E-state index contributed by atoms with van der Waals surface area (Å²) in [4.78, 5) is 4.68. The lowest BCUT2D eigenvalue weighted by Gasteiger charge is -2.13. The molecule has 1 heterocycles. The Kier molecular flexibility index (Phi) is 3.75. The van der Waals surface area contributed by atoms with Crippen molar-refractivity contribution in [1.29, 1.82) is 0 Å². The zero-order valence-electron chi connectivity index (χ0n) is 11.7. The summed E-state index contributed by atoms with van der Waals surface area (Å²) in [6.45, 7) is 4.07. The summed E-state index contributed by atoms with van der Waals surface area (Å²) in [6, 6.07) is 13.8. The number of nitrogens with zero attached hydrogens (tertiary/aromatic N) is 1. The van der Waals surface area contributed by atoms with E-state index in [1.54, 1.807) is 12.1 Å². The van der Waals surface area contributed by atoms with Gasteiger partial charge in [0, 0.05) is 5.39 Å². The Hall–Kier alpha value is -1.77. The van der Waals surface area contributed by atoms with E-state index in [0.29, 0.717) is 15.7 Å². The van der Waals surface area contributed by atoms with Gasteiger partial charge in [-0.2, -0.15) is 0 Å². The number of pyridine rings is 1. The second-order valence-corrected chi connectivity index (χ2v) is 5.89. The summed E-state index contributed by atoms with van der Waals surface area (Å²) < 4.78 is 0. The summed E-state index contributed by atoms with van der Waals surface area (Å²) in [5, 5.41) is 5.52. The van der Waals surface area contributed by atoms with Gasteiger partial charge in [0.2, 0.25) is 0 Å². The smallest absolute Gasteiger partial charge is 0.134 e. The number of benzene rings is 2. The molecular weight excluding hydrogens is 303 g/mol. The lowest BCUT2D eigenvalue weighted by atomic mass is 10.1. The number of nitrogens with one attached hydrogen (secondary N) is 1. The number of fused-ring (bicyclic) bond motifs is 1. The van der Waals surface area contributed by atoms with E-state index in [0.717, 1.165) is 22.3 Å². The normalized spacial score (nSPS) is 10.9. The largest absolute Gasteiger partial charge is 0.338 e. The summed E-state index contributed by atoms with van der Waals surface area (Å²) in [7, 11) is 0. The number of rotatable bonds is 2. The SMILES string of the molecule is Cc1ccc2cc(C)c(Nc3c(Cl)cccc3Cl)nc2c1. The highest BCUT2D eigenvalue weighted by Gasteiger charge is 2.09. The molecule has 1 aromatic heterocycles. The van der Waals surface area contributed by atoms with E-state index in [-0.39, 0.29) is 0 Å². The maximum Gasteiger partial charge on any atom is 0.134 e. The van der Waals surface area contributed by atoms with Crippen molar-refractivity contribution < 1.29 is 0 Å². The van der Waals surface area contributed by atoms with Gasteiger partial charge in [0.1, 0.15) is 5.82 Å². The first-order valence-electron chi connectivity index (χ1n) is 6.63. The van der Waals surface area contributed by atoms with Crippen molar-refractivity contribution in [3.05, 3.63) is 63.6 Å². The standard InChI is InChI=1S/C17H14Cl2N2/c1-10-6-7-12-9-11(2)17(20-15(12)8-10)21-16-13(18)4-3-5-14(16)19/h3-9H,1-2H3,(H,20,21). The Morgan fingerprint density at radius 2 is 1.67 bits per heavy atom. The number of aromatic nitrogens is 1. The van der Waals surface area contributed by atoms with Gasteiger partial charge in [0.15, 0.2) is 0 Å². The molecule has 0 saturated heterocycles. The van der Waals surface area contributed by atoms with Crippen LogP contribution in [0.3, 0.4) is 0 Å². The fourth-order valence-electron chi connectivity index (χ4n) is 2.24. The van der Waals surface area contributed by atoms with Crippen molar-refractivity contribution in [3.63, 3.8) is 0 Å². The zero-order chi connectivity index (χ0) is 15.0. The fraction of sp³-hybridized carbons (Fsp3) is 0.118. The van der Waals surface area contributed by atoms with Crippen LogP contribution in [0.2, 0.25) is 10.0 Å². The van der Waals surface area contributed by atoms with Gasteiger partial charge in [0.05, 0.1) is 21.2 Å². The second-order valence-electron chi connectivity index (χ2n) is 5.07. The van der Waals surface area contributed by atoms with E-state index in [9.17, 15) is 0 Å². The first kappa shape index (κ1) is 14.2. The van der Waals surface area contributed by atoms with E-state index in [2.05, 4.69) is 41.5 Å².